The smallest absolute Gasteiger partial charge is 0.245 e. The molecular formula is C14H20Br2N2O2S. The van der Waals surface area contributed by atoms with E-state index in [0.29, 0.717) is 27.1 Å². The summed E-state index contributed by atoms with van der Waals surface area (Å²) in [6.45, 7) is 4.77. The van der Waals surface area contributed by atoms with Crippen LogP contribution >= 0.6 is 31.9 Å². The second-order valence-electron chi connectivity index (χ2n) is 5.84. The Morgan fingerprint density at radius 1 is 1.29 bits per heavy atom. The number of nitrogen functional groups attached to an aromatic ring is 1. The van der Waals surface area contributed by atoms with Crippen LogP contribution in [0, 0.1) is 5.92 Å². The van der Waals surface area contributed by atoms with Gasteiger partial charge in [-0.05, 0) is 69.2 Å². The summed E-state index contributed by atoms with van der Waals surface area (Å²) in [5.41, 5.74) is 6.27. The summed E-state index contributed by atoms with van der Waals surface area (Å²) in [4.78, 5) is 0.271. The summed E-state index contributed by atoms with van der Waals surface area (Å²) in [7, 11) is -3.53. The lowest BCUT2D eigenvalue weighted by atomic mass is 10.1. The topological polar surface area (TPSA) is 63.4 Å². The maximum Gasteiger partial charge on any atom is 0.245 e. The Morgan fingerprint density at radius 3 is 2.24 bits per heavy atom. The highest BCUT2D eigenvalue weighted by Gasteiger charge is 2.39. The van der Waals surface area contributed by atoms with Gasteiger partial charge >= 0.3 is 0 Å². The van der Waals surface area contributed by atoms with Crippen LogP contribution in [0.3, 0.4) is 0 Å². The summed E-state index contributed by atoms with van der Waals surface area (Å²) < 4.78 is 28.7. The molecule has 0 radical (unpaired) electrons. The molecule has 0 bridgehead atoms. The van der Waals surface area contributed by atoms with Gasteiger partial charge in [0.25, 0.3) is 0 Å². The maximum atomic E-state index is 13.0. The van der Waals surface area contributed by atoms with Crippen molar-refractivity contribution >= 4 is 47.6 Å². The van der Waals surface area contributed by atoms with Crippen molar-refractivity contribution in [1.82, 2.24) is 4.31 Å². The number of benzene rings is 1. The fourth-order valence-corrected chi connectivity index (χ4v) is 6.43. The Morgan fingerprint density at radius 2 is 1.81 bits per heavy atom. The van der Waals surface area contributed by atoms with Crippen LogP contribution in [0.2, 0.25) is 0 Å². The van der Waals surface area contributed by atoms with Crippen molar-refractivity contribution in [1.29, 1.82) is 0 Å². The number of hydrogen-bond acceptors (Lipinski definition) is 3. The molecule has 0 aliphatic heterocycles. The molecule has 1 saturated carbocycles. The molecular weight excluding hydrogens is 420 g/mol. The lowest BCUT2D eigenvalue weighted by Crippen LogP contribution is -2.35. The molecule has 0 amide bonds. The Bertz CT molecular complexity index is 605. The average Bonchev–Trinajstić information content (AvgIpc) is 3.10. The number of halogens is 2. The van der Waals surface area contributed by atoms with Crippen molar-refractivity contribution in [2.75, 3.05) is 12.3 Å². The number of anilines is 1. The lowest BCUT2D eigenvalue weighted by Gasteiger charge is -2.24. The predicted octanol–water partition coefficient (Wildman–Crippen LogP) is 3.99. The quantitative estimate of drug-likeness (QED) is 0.681. The standard InChI is InChI=1S/C14H20Br2N2O2S/c1-9(2)5-6-18(11-3-4-11)21(19,20)14-12(15)7-10(17)8-13(14)16/h7-9,11H,3-6,17H2,1-2H3. The van der Waals surface area contributed by atoms with Crippen LogP contribution in [0.25, 0.3) is 0 Å². The maximum absolute atomic E-state index is 13.0. The molecule has 118 valence electrons. The van der Waals surface area contributed by atoms with Crippen LogP contribution in [0.15, 0.2) is 26.0 Å². The molecule has 2 N–H and O–H groups in total. The predicted molar refractivity (Wildman–Crippen MR) is 92.6 cm³/mol. The van der Waals surface area contributed by atoms with Crippen molar-refractivity contribution in [3.05, 3.63) is 21.1 Å². The minimum Gasteiger partial charge on any atom is -0.399 e. The monoisotopic (exact) mass is 438 g/mol. The summed E-state index contributed by atoms with van der Waals surface area (Å²) in [6.07, 6.45) is 2.75. The van der Waals surface area contributed by atoms with Crippen LogP contribution in [0.5, 0.6) is 0 Å². The van der Waals surface area contributed by atoms with E-state index >= 15 is 0 Å². The summed E-state index contributed by atoms with van der Waals surface area (Å²) in [5, 5.41) is 0. The van der Waals surface area contributed by atoms with E-state index < -0.39 is 10.0 Å². The average molecular weight is 440 g/mol. The van der Waals surface area contributed by atoms with Gasteiger partial charge < -0.3 is 5.73 Å². The summed E-state index contributed by atoms with van der Waals surface area (Å²) in [6, 6.07) is 3.40. The molecule has 0 unspecified atom stereocenters. The third-order valence-electron chi connectivity index (χ3n) is 3.47. The normalized spacial score (nSPS) is 15.9. The first-order valence-electron chi connectivity index (χ1n) is 7.00. The first-order chi connectivity index (χ1) is 9.73. The van der Waals surface area contributed by atoms with E-state index in [1.807, 2.05) is 0 Å². The Kier molecular flexibility index (Phi) is 5.39. The summed E-state index contributed by atoms with van der Waals surface area (Å²) in [5.74, 6) is 0.472. The highest BCUT2D eigenvalue weighted by molar-refractivity contribution is 9.11. The number of nitrogens with two attached hydrogens (primary N) is 1. The fourth-order valence-electron chi connectivity index (χ4n) is 2.19. The molecule has 0 spiro atoms. The SMILES string of the molecule is CC(C)CCN(C1CC1)S(=O)(=O)c1c(Br)cc(N)cc1Br. The van der Waals surface area contributed by atoms with E-state index in [1.54, 1.807) is 16.4 Å². The molecule has 1 aromatic rings. The highest BCUT2D eigenvalue weighted by atomic mass is 79.9. The van der Waals surface area contributed by atoms with Crippen LogP contribution in [-0.2, 0) is 10.0 Å². The summed E-state index contributed by atoms with van der Waals surface area (Å²) >= 11 is 6.67. The van der Waals surface area contributed by atoms with Crippen molar-refractivity contribution in [3.8, 4) is 0 Å². The second kappa shape index (κ2) is 6.56. The van der Waals surface area contributed by atoms with Gasteiger partial charge in [0.1, 0.15) is 4.90 Å². The van der Waals surface area contributed by atoms with Crippen molar-refractivity contribution in [3.63, 3.8) is 0 Å². The molecule has 1 aromatic carbocycles. The minimum absolute atomic E-state index is 0.144. The zero-order valence-electron chi connectivity index (χ0n) is 12.1. The number of nitrogens with zero attached hydrogens (tertiary/aromatic N) is 1. The van der Waals surface area contributed by atoms with Gasteiger partial charge in [0.05, 0.1) is 0 Å². The number of hydrogen-bond donors (Lipinski definition) is 1. The van der Waals surface area contributed by atoms with Gasteiger partial charge in [-0.2, -0.15) is 4.31 Å². The first-order valence-corrected chi connectivity index (χ1v) is 10.0. The molecule has 1 fully saturated rings. The second-order valence-corrected chi connectivity index (χ2v) is 9.38. The third kappa shape index (κ3) is 4.00. The van der Waals surface area contributed by atoms with Crippen LogP contribution in [0.1, 0.15) is 33.1 Å². The Hall–Kier alpha value is -0.110. The van der Waals surface area contributed by atoms with E-state index in [1.165, 1.54) is 0 Å². The van der Waals surface area contributed by atoms with Gasteiger partial charge in [0, 0.05) is 27.2 Å². The Balaban J connectivity index is 2.39. The van der Waals surface area contributed by atoms with Gasteiger partial charge in [0.15, 0.2) is 0 Å². The van der Waals surface area contributed by atoms with Crippen LogP contribution in [0.4, 0.5) is 5.69 Å². The fraction of sp³-hybridized carbons (Fsp3) is 0.571. The zero-order chi connectivity index (χ0) is 15.8. The molecule has 0 aromatic heterocycles. The van der Waals surface area contributed by atoms with E-state index in [0.717, 1.165) is 19.3 Å². The first kappa shape index (κ1) is 17.2. The van der Waals surface area contributed by atoms with Crippen molar-refractivity contribution in [2.45, 2.75) is 44.0 Å². The molecule has 1 aliphatic rings. The highest BCUT2D eigenvalue weighted by Crippen LogP contribution is 2.38. The molecule has 1 aliphatic carbocycles. The van der Waals surface area contributed by atoms with Gasteiger partial charge in [-0.3, -0.25) is 0 Å². The molecule has 7 heteroatoms. The minimum atomic E-state index is -3.53. The van der Waals surface area contributed by atoms with Gasteiger partial charge in [-0.25, -0.2) is 8.42 Å². The zero-order valence-corrected chi connectivity index (χ0v) is 16.1. The number of rotatable bonds is 6. The van der Waals surface area contributed by atoms with Gasteiger partial charge in [-0.15, -0.1) is 0 Å². The van der Waals surface area contributed by atoms with E-state index in [2.05, 4.69) is 45.7 Å². The lowest BCUT2D eigenvalue weighted by molar-refractivity contribution is 0.373. The van der Waals surface area contributed by atoms with E-state index in [9.17, 15) is 8.42 Å². The van der Waals surface area contributed by atoms with Crippen molar-refractivity contribution < 1.29 is 8.42 Å². The molecule has 0 heterocycles. The molecule has 0 saturated heterocycles. The molecule has 2 rings (SSSR count). The largest absolute Gasteiger partial charge is 0.399 e. The van der Waals surface area contributed by atoms with E-state index in [4.69, 9.17) is 5.73 Å². The van der Waals surface area contributed by atoms with Gasteiger partial charge in [-0.1, -0.05) is 13.8 Å². The van der Waals surface area contributed by atoms with Gasteiger partial charge in [0.2, 0.25) is 10.0 Å². The third-order valence-corrected chi connectivity index (χ3v) is 7.30. The van der Waals surface area contributed by atoms with Crippen LogP contribution in [-0.4, -0.2) is 25.3 Å². The molecule has 4 nitrogen and oxygen atoms in total. The van der Waals surface area contributed by atoms with Crippen LogP contribution < -0.4 is 5.73 Å². The number of sulfonamides is 1. The molecule has 21 heavy (non-hydrogen) atoms. The van der Waals surface area contributed by atoms with Crippen molar-refractivity contribution in [2.24, 2.45) is 5.92 Å². The molecule has 0 atom stereocenters. The Labute approximate surface area is 143 Å². The van der Waals surface area contributed by atoms with E-state index in [-0.39, 0.29) is 10.9 Å².